The molecule has 1 aliphatic heterocycles. The number of nitrogens with zero attached hydrogens (tertiary/aromatic N) is 2. The number of hydrogen-bond acceptors (Lipinski definition) is 6. The molecule has 0 aromatic carbocycles. The molecule has 3 rings (SSSR count). The number of ether oxygens (including phenoxy) is 1. The number of carbonyl (C=O) groups excluding carboxylic acids is 2. The van der Waals surface area contributed by atoms with Crippen LogP contribution in [0.1, 0.15) is 42.5 Å². The Labute approximate surface area is 165 Å². The van der Waals surface area contributed by atoms with Gasteiger partial charge in [0, 0.05) is 51.4 Å². The summed E-state index contributed by atoms with van der Waals surface area (Å²) in [7, 11) is 1.62. The average Bonchev–Trinajstić information content (AvgIpc) is 3.42. The number of carbonyl (C=O) groups is 2. The van der Waals surface area contributed by atoms with Gasteiger partial charge in [-0.3, -0.25) is 19.5 Å². The molecule has 2 amide bonds. The number of aromatic hydroxyl groups is 1. The van der Waals surface area contributed by atoms with Gasteiger partial charge in [0.15, 0.2) is 0 Å². The van der Waals surface area contributed by atoms with Crippen LogP contribution in [0, 0.1) is 5.92 Å². The molecule has 1 aromatic rings. The van der Waals surface area contributed by atoms with E-state index in [0.717, 1.165) is 19.4 Å². The average molecular weight is 390 g/mol. The minimum absolute atomic E-state index is 0.0246. The third kappa shape index (κ3) is 5.90. The number of rotatable bonds is 10. The number of amides is 2. The van der Waals surface area contributed by atoms with E-state index in [9.17, 15) is 14.7 Å². The van der Waals surface area contributed by atoms with Gasteiger partial charge in [-0.05, 0) is 37.7 Å². The summed E-state index contributed by atoms with van der Waals surface area (Å²) in [6.45, 7) is 2.57. The second kappa shape index (κ2) is 9.84. The summed E-state index contributed by atoms with van der Waals surface area (Å²) in [5, 5.41) is 15.3. The zero-order valence-corrected chi connectivity index (χ0v) is 16.4. The number of nitrogens with one attached hydrogen (secondary N) is 2. The van der Waals surface area contributed by atoms with Gasteiger partial charge in [-0.1, -0.05) is 0 Å². The Bertz CT molecular complexity index is 680. The van der Waals surface area contributed by atoms with Gasteiger partial charge in [0.1, 0.15) is 5.75 Å². The molecule has 2 fully saturated rings. The van der Waals surface area contributed by atoms with Gasteiger partial charge in [0.05, 0.1) is 18.4 Å². The molecule has 1 saturated carbocycles. The Morgan fingerprint density at radius 1 is 1.21 bits per heavy atom. The standard InChI is InChI=1S/C20H30N4O4/c1-28-7-6-22-19(26)9-16-4-5-17(24(16)13-14-2-3-14)11-23-20(27)15-8-18(25)12-21-10-15/h8,10,12,14,16-17,25H,2-7,9,11,13H2,1H3,(H,22,26)(H,23,27)/t16-,17+/m1/s1. The van der Waals surface area contributed by atoms with Gasteiger partial charge in [0.25, 0.3) is 5.91 Å². The highest BCUT2D eigenvalue weighted by Gasteiger charge is 2.38. The van der Waals surface area contributed by atoms with E-state index in [4.69, 9.17) is 4.74 Å². The van der Waals surface area contributed by atoms with E-state index in [-0.39, 0.29) is 29.6 Å². The maximum atomic E-state index is 12.3. The largest absolute Gasteiger partial charge is 0.506 e. The van der Waals surface area contributed by atoms with E-state index in [1.54, 1.807) is 7.11 Å². The molecule has 0 spiro atoms. The molecule has 8 nitrogen and oxygen atoms in total. The maximum Gasteiger partial charge on any atom is 0.253 e. The fourth-order valence-corrected chi connectivity index (χ4v) is 3.79. The van der Waals surface area contributed by atoms with Crippen LogP contribution in [0.15, 0.2) is 18.5 Å². The SMILES string of the molecule is COCCNC(=O)C[C@H]1CC[C@@H](CNC(=O)c2cncc(O)c2)N1CC1CC1. The van der Waals surface area contributed by atoms with Crippen LogP contribution in [0.4, 0.5) is 0 Å². The van der Waals surface area contributed by atoms with Crippen LogP contribution in [0.5, 0.6) is 5.75 Å². The monoisotopic (exact) mass is 390 g/mol. The highest BCUT2D eigenvalue weighted by atomic mass is 16.5. The molecule has 1 aromatic heterocycles. The number of pyridine rings is 1. The van der Waals surface area contributed by atoms with E-state index in [0.29, 0.717) is 37.6 Å². The number of aromatic nitrogens is 1. The van der Waals surface area contributed by atoms with Gasteiger partial charge in [-0.25, -0.2) is 0 Å². The van der Waals surface area contributed by atoms with Crippen molar-refractivity contribution in [2.75, 3.05) is 33.4 Å². The molecule has 3 N–H and O–H groups in total. The Kier molecular flexibility index (Phi) is 7.22. The molecule has 0 radical (unpaired) electrons. The van der Waals surface area contributed by atoms with E-state index >= 15 is 0 Å². The fourth-order valence-electron chi connectivity index (χ4n) is 3.79. The highest BCUT2D eigenvalue weighted by molar-refractivity contribution is 5.94. The van der Waals surface area contributed by atoms with Crippen molar-refractivity contribution in [2.24, 2.45) is 5.92 Å². The quantitative estimate of drug-likeness (QED) is 0.513. The van der Waals surface area contributed by atoms with E-state index in [2.05, 4.69) is 20.5 Å². The van der Waals surface area contributed by atoms with Crippen molar-refractivity contribution in [3.8, 4) is 5.75 Å². The molecule has 1 saturated heterocycles. The van der Waals surface area contributed by atoms with Gasteiger partial charge >= 0.3 is 0 Å². The van der Waals surface area contributed by atoms with Crippen LogP contribution in [0.25, 0.3) is 0 Å². The molecular weight excluding hydrogens is 360 g/mol. The molecule has 2 atom stereocenters. The molecule has 0 bridgehead atoms. The minimum Gasteiger partial charge on any atom is -0.506 e. The molecule has 8 heteroatoms. The van der Waals surface area contributed by atoms with Crippen molar-refractivity contribution < 1.29 is 19.4 Å². The third-order valence-electron chi connectivity index (χ3n) is 5.47. The number of methoxy groups -OCH3 is 1. The molecule has 1 aliphatic carbocycles. The molecule has 2 aliphatic rings. The van der Waals surface area contributed by atoms with E-state index < -0.39 is 0 Å². The van der Waals surface area contributed by atoms with E-state index in [1.165, 1.54) is 31.3 Å². The number of hydrogen-bond donors (Lipinski definition) is 3. The Balaban J connectivity index is 1.53. The van der Waals surface area contributed by atoms with Crippen molar-refractivity contribution in [2.45, 2.75) is 44.2 Å². The summed E-state index contributed by atoms with van der Waals surface area (Å²) in [4.78, 5) is 30.8. The van der Waals surface area contributed by atoms with E-state index in [1.807, 2.05) is 0 Å². The van der Waals surface area contributed by atoms with Crippen molar-refractivity contribution in [1.29, 1.82) is 0 Å². The lowest BCUT2D eigenvalue weighted by molar-refractivity contribution is -0.122. The predicted octanol–water partition coefficient (Wildman–Crippen LogP) is 0.913. The van der Waals surface area contributed by atoms with Crippen LogP contribution >= 0.6 is 0 Å². The van der Waals surface area contributed by atoms with Crippen molar-refractivity contribution in [3.63, 3.8) is 0 Å². The first-order valence-electron chi connectivity index (χ1n) is 10.0. The smallest absolute Gasteiger partial charge is 0.253 e. The summed E-state index contributed by atoms with van der Waals surface area (Å²) in [6.07, 6.45) is 7.64. The Hall–Kier alpha value is -2.19. The highest BCUT2D eigenvalue weighted by Crippen LogP contribution is 2.35. The van der Waals surface area contributed by atoms with Crippen LogP contribution in [0.3, 0.4) is 0 Å². The van der Waals surface area contributed by atoms with Crippen LogP contribution in [-0.2, 0) is 9.53 Å². The zero-order chi connectivity index (χ0) is 19.9. The second-order valence-electron chi connectivity index (χ2n) is 7.71. The van der Waals surface area contributed by atoms with Crippen LogP contribution in [0.2, 0.25) is 0 Å². The molecule has 0 unspecified atom stereocenters. The maximum absolute atomic E-state index is 12.3. The summed E-state index contributed by atoms with van der Waals surface area (Å²) >= 11 is 0. The lowest BCUT2D eigenvalue weighted by Crippen LogP contribution is -2.45. The molecule has 28 heavy (non-hydrogen) atoms. The van der Waals surface area contributed by atoms with Crippen molar-refractivity contribution >= 4 is 11.8 Å². The predicted molar refractivity (Wildman–Crippen MR) is 104 cm³/mol. The summed E-state index contributed by atoms with van der Waals surface area (Å²) in [5.41, 5.74) is 0.348. The van der Waals surface area contributed by atoms with Crippen LogP contribution in [-0.4, -0.2) is 72.2 Å². The first-order valence-corrected chi connectivity index (χ1v) is 10.0. The summed E-state index contributed by atoms with van der Waals surface area (Å²) in [5.74, 6) is 0.503. The second-order valence-corrected chi connectivity index (χ2v) is 7.71. The normalized spacial score (nSPS) is 22.2. The summed E-state index contributed by atoms with van der Waals surface area (Å²) in [6, 6.07) is 1.85. The fraction of sp³-hybridized carbons (Fsp3) is 0.650. The van der Waals surface area contributed by atoms with Gasteiger partial charge in [-0.2, -0.15) is 0 Å². The van der Waals surface area contributed by atoms with Crippen molar-refractivity contribution in [1.82, 2.24) is 20.5 Å². The molecule has 2 heterocycles. The lowest BCUT2D eigenvalue weighted by atomic mass is 10.1. The van der Waals surface area contributed by atoms with Crippen molar-refractivity contribution in [3.05, 3.63) is 24.0 Å². The minimum atomic E-state index is -0.240. The topological polar surface area (TPSA) is 104 Å². The Morgan fingerprint density at radius 3 is 2.71 bits per heavy atom. The Morgan fingerprint density at radius 2 is 2.00 bits per heavy atom. The zero-order valence-electron chi connectivity index (χ0n) is 16.4. The first kappa shape index (κ1) is 20.5. The van der Waals surface area contributed by atoms with Crippen LogP contribution < -0.4 is 10.6 Å². The van der Waals surface area contributed by atoms with Gasteiger partial charge in [-0.15, -0.1) is 0 Å². The molecular formula is C20H30N4O4. The third-order valence-corrected chi connectivity index (χ3v) is 5.47. The first-order chi connectivity index (χ1) is 13.6. The number of likely N-dealkylation sites (tertiary alicyclic amines) is 1. The van der Waals surface area contributed by atoms with Gasteiger partial charge in [0.2, 0.25) is 5.91 Å². The summed E-state index contributed by atoms with van der Waals surface area (Å²) < 4.78 is 4.97. The molecule has 154 valence electrons. The lowest BCUT2D eigenvalue weighted by Gasteiger charge is -2.30. The van der Waals surface area contributed by atoms with Gasteiger partial charge < -0.3 is 20.5 Å².